The Balaban J connectivity index is 1.96. The summed E-state index contributed by atoms with van der Waals surface area (Å²) in [5, 5.41) is 12.8. The van der Waals surface area contributed by atoms with Crippen LogP contribution in [0.1, 0.15) is 16.7 Å². The molecule has 1 aliphatic heterocycles. The van der Waals surface area contributed by atoms with Crippen LogP contribution in [0.2, 0.25) is 0 Å². The molecule has 3 rings (SSSR count). The third kappa shape index (κ3) is 4.55. The minimum Gasteiger partial charge on any atom is -0.546 e. The molecule has 0 unspecified atom stereocenters. The maximum absolute atomic E-state index is 13.0. The molecule has 1 fully saturated rings. The van der Waals surface area contributed by atoms with Crippen LogP contribution in [-0.2, 0) is 14.4 Å². The second-order valence-corrected chi connectivity index (χ2v) is 6.80. The molecule has 2 aromatic carbocycles. The molecular formula is C22H19N2O7-. The molecule has 9 nitrogen and oxygen atoms in total. The first-order valence-electron chi connectivity index (χ1n) is 9.20. The molecule has 2 aromatic rings. The van der Waals surface area contributed by atoms with Crippen molar-refractivity contribution in [2.24, 2.45) is 0 Å². The van der Waals surface area contributed by atoms with Crippen LogP contribution in [0.4, 0.5) is 10.5 Å². The Bertz CT molecular complexity index is 1120. The summed E-state index contributed by atoms with van der Waals surface area (Å²) < 4.78 is 10.3. The van der Waals surface area contributed by atoms with E-state index in [1.807, 2.05) is 13.8 Å². The summed E-state index contributed by atoms with van der Waals surface area (Å²) in [4.78, 5) is 49.2. The van der Waals surface area contributed by atoms with Crippen molar-refractivity contribution in [3.63, 3.8) is 0 Å². The van der Waals surface area contributed by atoms with E-state index in [1.165, 1.54) is 31.4 Å². The monoisotopic (exact) mass is 423 g/mol. The number of carbonyl (C=O) groups is 4. The van der Waals surface area contributed by atoms with Crippen LogP contribution >= 0.6 is 0 Å². The van der Waals surface area contributed by atoms with Gasteiger partial charge in [0.2, 0.25) is 0 Å². The molecule has 1 N–H and O–H groups in total. The van der Waals surface area contributed by atoms with E-state index in [4.69, 9.17) is 9.47 Å². The Labute approximate surface area is 177 Å². The number of carboxylic acid groups (broad SMARTS) is 1. The lowest BCUT2D eigenvalue weighted by molar-refractivity contribution is -0.307. The van der Waals surface area contributed by atoms with Crippen LogP contribution in [0.25, 0.3) is 6.08 Å². The number of aryl methyl sites for hydroxylation is 2. The van der Waals surface area contributed by atoms with Gasteiger partial charge in [-0.05, 0) is 60.9 Å². The van der Waals surface area contributed by atoms with Crippen molar-refractivity contribution in [2.75, 3.05) is 18.6 Å². The standard InChI is InChI=1S/C22H20N2O7/c1-12-4-6-15(8-13(12)2)24-21(28)16(20(27)23-22(24)29)9-14-5-7-17(18(10-14)30-3)31-11-19(25)26/h4-10H,11H2,1-3H3,(H,25,26)(H,23,27,29)/p-1/b16-9+. The van der Waals surface area contributed by atoms with Crippen molar-refractivity contribution >= 4 is 35.6 Å². The molecule has 31 heavy (non-hydrogen) atoms. The zero-order valence-electron chi connectivity index (χ0n) is 17.1. The summed E-state index contributed by atoms with van der Waals surface area (Å²) in [6.07, 6.45) is 1.31. The fraction of sp³-hybridized carbons (Fsp3) is 0.182. The van der Waals surface area contributed by atoms with Crippen molar-refractivity contribution in [1.82, 2.24) is 5.32 Å². The maximum atomic E-state index is 13.0. The maximum Gasteiger partial charge on any atom is 0.335 e. The second kappa shape index (κ2) is 8.70. The minimum atomic E-state index is -1.39. The van der Waals surface area contributed by atoms with Crippen molar-refractivity contribution in [2.45, 2.75) is 13.8 Å². The Morgan fingerprint density at radius 3 is 2.45 bits per heavy atom. The first kappa shape index (κ1) is 21.6. The largest absolute Gasteiger partial charge is 0.546 e. The molecule has 160 valence electrons. The number of hydrogen-bond donors (Lipinski definition) is 1. The Hall–Kier alpha value is -4.14. The first-order chi connectivity index (χ1) is 14.7. The Kier molecular flexibility index (Phi) is 6.05. The van der Waals surface area contributed by atoms with Crippen LogP contribution in [0.15, 0.2) is 42.0 Å². The summed E-state index contributed by atoms with van der Waals surface area (Å²) in [7, 11) is 1.36. The lowest BCUT2D eigenvalue weighted by Gasteiger charge is -2.26. The van der Waals surface area contributed by atoms with Crippen molar-refractivity contribution in [3.8, 4) is 11.5 Å². The number of barbiturate groups is 1. The van der Waals surface area contributed by atoms with E-state index in [2.05, 4.69) is 5.32 Å². The number of imide groups is 2. The summed E-state index contributed by atoms with van der Waals surface area (Å²) in [6.45, 7) is 3.09. The number of ether oxygens (including phenoxy) is 2. The highest BCUT2D eigenvalue weighted by Gasteiger charge is 2.36. The van der Waals surface area contributed by atoms with E-state index in [0.717, 1.165) is 16.0 Å². The van der Waals surface area contributed by atoms with E-state index in [9.17, 15) is 24.3 Å². The van der Waals surface area contributed by atoms with Crippen LogP contribution in [0, 0.1) is 13.8 Å². The Morgan fingerprint density at radius 2 is 1.81 bits per heavy atom. The van der Waals surface area contributed by atoms with Gasteiger partial charge in [0.1, 0.15) is 12.2 Å². The molecule has 0 aromatic heterocycles. The predicted molar refractivity (Wildman–Crippen MR) is 108 cm³/mol. The van der Waals surface area contributed by atoms with E-state index in [0.29, 0.717) is 11.3 Å². The molecular weight excluding hydrogens is 404 g/mol. The predicted octanol–water partition coefficient (Wildman–Crippen LogP) is 1.11. The van der Waals surface area contributed by atoms with Gasteiger partial charge in [-0.1, -0.05) is 12.1 Å². The van der Waals surface area contributed by atoms with Crippen molar-refractivity contribution < 1.29 is 33.8 Å². The van der Waals surface area contributed by atoms with E-state index >= 15 is 0 Å². The first-order valence-corrected chi connectivity index (χ1v) is 9.20. The quantitative estimate of drug-likeness (QED) is 0.545. The molecule has 4 amide bonds. The lowest BCUT2D eigenvalue weighted by Crippen LogP contribution is -2.54. The van der Waals surface area contributed by atoms with Gasteiger partial charge in [-0.15, -0.1) is 0 Å². The molecule has 0 spiro atoms. The number of hydrogen-bond acceptors (Lipinski definition) is 7. The summed E-state index contributed by atoms with van der Waals surface area (Å²) in [5.41, 5.74) is 2.38. The highest BCUT2D eigenvalue weighted by atomic mass is 16.5. The molecule has 0 aliphatic carbocycles. The number of carbonyl (C=O) groups excluding carboxylic acids is 4. The van der Waals surface area contributed by atoms with Gasteiger partial charge in [0.15, 0.2) is 11.5 Å². The fourth-order valence-corrected chi connectivity index (χ4v) is 2.95. The van der Waals surface area contributed by atoms with Crippen LogP contribution < -0.4 is 24.8 Å². The van der Waals surface area contributed by atoms with Crippen LogP contribution in [0.3, 0.4) is 0 Å². The van der Waals surface area contributed by atoms with Crippen LogP contribution in [0.5, 0.6) is 11.5 Å². The number of amides is 4. The molecule has 9 heteroatoms. The molecule has 1 aliphatic rings. The molecule has 0 bridgehead atoms. The number of benzene rings is 2. The molecule has 0 radical (unpaired) electrons. The van der Waals surface area contributed by atoms with Gasteiger partial charge in [-0.3, -0.25) is 14.9 Å². The Morgan fingerprint density at radius 1 is 1.06 bits per heavy atom. The topological polar surface area (TPSA) is 125 Å². The van der Waals surface area contributed by atoms with Crippen LogP contribution in [-0.4, -0.2) is 37.5 Å². The number of carboxylic acids is 1. The normalized spacial score (nSPS) is 15.1. The summed E-state index contributed by atoms with van der Waals surface area (Å²) in [5.74, 6) is -2.64. The molecule has 0 saturated carbocycles. The SMILES string of the molecule is COc1cc(/C=C2\C(=O)NC(=O)N(c3ccc(C)c(C)c3)C2=O)ccc1OCC(=O)[O-]. The number of nitrogens with one attached hydrogen (secondary N) is 1. The second-order valence-electron chi connectivity index (χ2n) is 6.80. The number of aliphatic carboxylic acids is 1. The van der Waals surface area contributed by atoms with Gasteiger partial charge in [0.25, 0.3) is 11.8 Å². The average Bonchev–Trinajstić information content (AvgIpc) is 2.72. The number of methoxy groups -OCH3 is 1. The third-order valence-electron chi connectivity index (χ3n) is 4.69. The highest BCUT2D eigenvalue weighted by Crippen LogP contribution is 2.30. The van der Waals surface area contributed by atoms with Gasteiger partial charge in [-0.2, -0.15) is 0 Å². The number of urea groups is 1. The highest BCUT2D eigenvalue weighted by molar-refractivity contribution is 6.39. The number of nitrogens with zero attached hydrogens (tertiary/aromatic N) is 1. The van der Waals surface area contributed by atoms with Gasteiger partial charge in [0.05, 0.1) is 18.8 Å². The number of rotatable bonds is 6. The van der Waals surface area contributed by atoms with Gasteiger partial charge < -0.3 is 19.4 Å². The van der Waals surface area contributed by atoms with E-state index in [1.54, 1.807) is 18.2 Å². The fourth-order valence-electron chi connectivity index (χ4n) is 2.95. The summed E-state index contributed by atoms with van der Waals surface area (Å²) in [6, 6.07) is 8.67. The number of anilines is 1. The molecule has 0 atom stereocenters. The van der Waals surface area contributed by atoms with Gasteiger partial charge in [0, 0.05) is 0 Å². The molecule has 1 heterocycles. The van der Waals surface area contributed by atoms with Gasteiger partial charge >= 0.3 is 6.03 Å². The van der Waals surface area contributed by atoms with Gasteiger partial charge in [-0.25, -0.2) is 9.69 Å². The lowest BCUT2D eigenvalue weighted by atomic mass is 10.0. The van der Waals surface area contributed by atoms with E-state index in [-0.39, 0.29) is 17.1 Å². The minimum absolute atomic E-state index is 0.153. The zero-order chi connectivity index (χ0) is 22.7. The van der Waals surface area contributed by atoms with Crippen molar-refractivity contribution in [1.29, 1.82) is 0 Å². The van der Waals surface area contributed by atoms with Crippen molar-refractivity contribution in [3.05, 3.63) is 58.7 Å². The third-order valence-corrected chi connectivity index (χ3v) is 4.69. The van der Waals surface area contributed by atoms with E-state index < -0.39 is 30.4 Å². The summed E-state index contributed by atoms with van der Waals surface area (Å²) >= 11 is 0. The zero-order valence-corrected chi connectivity index (χ0v) is 17.1. The smallest absolute Gasteiger partial charge is 0.335 e. The molecule has 1 saturated heterocycles. The average molecular weight is 423 g/mol.